The van der Waals surface area contributed by atoms with Crippen LogP contribution in [0.25, 0.3) is 11.3 Å². The molecule has 0 unspecified atom stereocenters. The highest BCUT2D eigenvalue weighted by atomic mass is 16.5. The first kappa shape index (κ1) is 13.1. The van der Waals surface area contributed by atoms with Gasteiger partial charge in [-0.15, -0.1) is 0 Å². The van der Waals surface area contributed by atoms with Crippen molar-refractivity contribution in [2.24, 2.45) is 0 Å². The van der Waals surface area contributed by atoms with Gasteiger partial charge >= 0.3 is 0 Å². The van der Waals surface area contributed by atoms with Crippen molar-refractivity contribution in [1.29, 1.82) is 0 Å². The van der Waals surface area contributed by atoms with Gasteiger partial charge in [0.2, 0.25) is 5.95 Å². The highest BCUT2D eigenvalue weighted by molar-refractivity contribution is 5.63. The summed E-state index contributed by atoms with van der Waals surface area (Å²) in [6.45, 7) is 1.96. The lowest BCUT2D eigenvalue weighted by atomic mass is 10.2. The maximum absolute atomic E-state index is 5.13. The number of methoxy groups -OCH3 is 1. The van der Waals surface area contributed by atoms with Gasteiger partial charge in [0.05, 0.1) is 19.0 Å². The van der Waals surface area contributed by atoms with Gasteiger partial charge in [0.15, 0.2) is 0 Å². The Morgan fingerprint density at radius 3 is 2.62 bits per heavy atom. The molecule has 6 nitrogen and oxygen atoms in total. The van der Waals surface area contributed by atoms with E-state index in [0.717, 1.165) is 28.4 Å². The standard InChI is InChI=1S/C15H15N5O/c1-10-13(9-17-20-10)14-7-8-16-15(19-14)18-11-3-5-12(21-2)6-4-11/h3-9H,1-2H3,(H,17,20)(H,16,18,19). The summed E-state index contributed by atoms with van der Waals surface area (Å²) in [5.41, 5.74) is 3.67. The van der Waals surface area contributed by atoms with Crippen LogP contribution in [-0.4, -0.2) is 27.3 Å². The lowest BCUT2D eigenvalue weighted by Gasteiger charge is -2.07. The number of anilines is 2. The lowest BCUT2D eigenvalue weighted by Crippen LogP contribution is -1.98. The second-order valence-corrected chi connectivity index (χ2v) is 4.53. The molecule has 0 radical (unpaired) electrons. The Hall–Kier alpha value is -2.89. The van der Waals surface area contributed by atoms with Crippen LogP contribution >= 0.6 is 0 Å². The van der Waals surface area contributed by atoms with Crippen LogP contribution in [0.4, 0.5) is 11.6 Å². The van der Waals surface area contributed by atoms with Crippen LogP contribution in [0.15, 0.2) is 42.7 Å². The van der Waals surface area contributed by atoms with E-state index in [4.69, 9.17) is 4.74 Å². The van der Waals surface area contributed by atoms with E-state index in [2.05, 4.69) is 25.5 Å². The molecule has 0 aliphatic heterocycles. The number of H-pyrrole nitrogens is 1. The first-order valence-electron chi connectivity index (χ1n) is 6.51. The fourth-order valence-corrected chi connectivity index (χ4v) is 1.98. The van der Waals surface area contributed by atoms with Crippen molar-refractivity contribution >= 4 is 11.6 Å². The van der Waals surface area contributed by atoms with E-state index in [1.807, 2.05) is 37.3 Å². The van der Waals surface area contributed by atoms with Crippen molar-refractivity contribution in [2.75, 3.05) is 12.4 Å². The monoisotopic (exact) mass is 281 g/mol. The molecule has 0 fully saturated rings. The molecule has 0 atom stereocenters. The predicted molar refractivity (Wildman–Crippen MR) is 80.6 cm³/mol. The minimum absolute atomic E-state index is 0.540. The van der Waals surface area contributed by atoms with E-state index in [1.54, 1.807) is 19.5 Å². The van der Waals surface area contributed by atoms with Crippen molar-refractivity contribution in [3.05, 3.63) is 48.4 Å². The Labute approximate surface area is 122 Å². The average Bonchev–Trinajstić information content (AvgIpc) is 2.94. The zero-order chi connectivity index (χ0) is 14.7. The summed E-state index contributed by atoms with van der Waals surface area (Å²) in [6.07, 6.45) is 3.48. The van der Waals surface area contributed by atoms with E-state index in [0.29, 0.717) is 5.95 Å². The molecule has 106 valence electrons. The molecule has 0 amide bonds. The molecule has 21 heavy (non-hydrogen) atoms. The fraction of sp³-hybridized carbons (Fsp3) is 0.133. The van der Waals surface area contributed by atoms with Crippen molar-refractivity contribution in [2.45, 2.75) is 6.92 Å². The zero-order valence-corrected chi connectivity index (χ0v) is 11.8. The maximum atomic E-state index is 5.13. The molecule has 1 aromatic carbocycles. The molecular weight excluding hydrogens is 266 g/mol. The Bertz CT molecular complexity index is 736. The molecule has 3 aromatic rings. The highest BCUT2D eigenvalue weighted by Crippen LogP contribution is 2.22. The molecular formula is C15H15N5O. The number of benzene rings is 1. The molecule has 3 rings (SSSR count). The first-order chi connectivity index (χ1) is 10.3. The van der Waals surface area contributed by atoms with Crippen LogP contribution in [0.5, 0.6) is 5.75 Å². The summed E-state index contributed by atoms with van der Waals surface area (Å²) in [4.78, 5) is 8.73. The summed E-state index contributed by atoms with van der Waals surface area (Å²) in [6, 6.07) is 9.45. The van der Waals surface area contributed by atoms with Crippen LogP contribution in [0.3, 0.4) is 0 Å². The highest BCUT2D eigenvalue weighted by Gasteiger charge is 2.07. The molecule has 0 aliphatic carbocycles. The maximum Gasteiger partial charge on any atom is 0.227 e. The number of ether oxygens (including phenoxy) is 1. The number of hydrogen-bond acceptors (Lipinski definition) is 5. The van der Waals surface area contributed by atoms with Gasteiger partial charge in [0.1, 0.15) is 5.75 Å². The number of hydrogen-bond donors (Lipinski definition) is 2. The molecule has 2 N–H and O–H groups in total. The van der Waals surface area contributed by atoms with Gasteiger partial charge in [0.25, 0.3) is 0 Å². The fourth-order valence-electron chi connectivity index (χ4n) is 1.98. The largest absolute Gasteiger partial charge is 0.497 e. The van der Waals surface area contributed by atoms with Gasteiger partial charge in [-0.3, -0.25) is 5.10 Å². The molecule has 0 bridgehead atoms. The first-order valence-corrected chi connectivity index (χ1v) is 6.51. The van der Waals surface area contributed by atoms with Gasteiger partial charge < -0.3 is 10.1 Å². The van der Waals surface area contributed by atoms with Crippen LogP contribution in [0, 0.1) is 6.92 Å². The van der Waals surface area contributed by atoms with Crippen molar-refractivity contribution < 1.29 is 4.74 Å². The summed E-state index contributed by atoms with van der Waals surface area (Å²) in [5, 5.41) is 10.1. The number of nitrogens with zero attached hydrogens (tertiary/aromatic N) is 3. The summed E-state index contributed by atoms with van der Waals surface area (Å²) < 4.78 is 5.13. The molecule has 0 aliphatic rings. The minimum atomic E-state index is 0.540. The van der Waals surface area contributed by atoms with Crippen molar-refractivity contribution in [1.82, 2.24) is 20.2 Å². The average molecular weight is 281 g/mol. The predicted octanol–water partition coefficient (Wildman–Crippen LogP) is 2.93. The topological polar surface area (TPSA) is 75.7 Å². The third kappa shape index (κ3) is 2.84. The lowest BCUT2D eigenvalue weighted by molar-refractivity contribution is 0.415. The van der Waals surface area contributed by atoms with E-state index in [1.165, 1.54) is 0 Å². The van der Waals surface area contributed by atoms with Gasteiger partial charge in [-0.25, -0.2) is 9.97 Å². The minimum Gasteiger partial charge on any atom is -0.497 e. The van der Waals surface area contributed by atoms with Gasteiger partial charge in [-0.2, -0.15) is 5.10 Å². The van der Waals surface area contributed by atoms with E-state index in [9.17, 15) is 0 Å². The molecule has 0 saturated heterocycles. The number of aromatic nitrogens is 4. The van der Waals surface area contributed by atoms with Crippen molar-refractivity contribution in [3.8, 4) is 17.0 Å². The van der Waals surface area contributed by atoms with Crippen molar-refractivity contribution in [3.63, 3.8) is 0 Å². The van der Waals surface area contributed by atoms with Crippen LogP contribution in [-0.2, 0) is 0 Å². The van der Waals surface area contributed by atoms with Crippen LogP contribution < -0.4 is 10.1 Å². The van der Waals surface area contributed by atoms with E-state index in [-0.39, 0.29) is 0 Å². The number of aromatic amines is 1. The smallest absolute Gasteiger partial charge is 0.227 e. The van der Waals surface area contributed by atoms with Gasteiger partial charge in [0, 0.05) is 23.1 Å². The second kappa shape index (κ2) is 5.62. The van der Waals surface area contributed by atoms with Gasteiger partial charge in [-0.05, 0) is 37.3 Å². The molecule has 6 heteroatoms. The van der Waals surface area contributed by atoms with E-state index < -0.39 is 0 Å². The summed E-state index contributed by atoms with van der Waals surface area (Å²) in [5.74, 6) is 1.35. The number of aryl methyl sites for hydroxylation is 1. The van der Waals surface area contributed by atoms with Crippen LogP contribution in [0.1, 0.15) is 5.69 Å². The number of rotatable bonds is 4. The normalized spacial score (nSPS) is 10.4. The SMILES string of the molecule is COc1ccc(Nc2nccc(-c3cn[nH]c3C)n2)cc1. The second-order valence-electron chi connectivity index (χ2n) is 4.53. The Kier molecular flexibility index (Phi) is 3.51. The zero-order valence-electron chi connectivity index (χ0n) is 11.8. The molecule has 2 heterocycles. The Morgan fingerprint density at radius 1 is 1.14 bits per heavy atom. The third-order valence-electron chi connectivity index (χ3n) is 3.11. The molecule has 2 aromatic heterocycles. The Morgan fingerprint density at radius 2 is 1.95 bits per heavy atom. The van der Waals surface area contributed by atoms with Gasteiger partial charge in [-0.1, -0.05) is 0 Å². The summed E-state index contributed by atoms with van der Waals surface area (Å²) in [7, 11) is 1.64. The quantitative estimate of drug-likeness (QED) is 0.769. The third-order valence-corrected chi connectivity index (χ3v) is 3.11. The van der Waals surface area contributed by atoms with Crippen LogP contribution in [0.2, 0.25) is 0 Å². The number of nitrogens with one attached hydrogen (secondary N) is 2. The summed E-state index contributed by atoms with van der Waals surface area (Å²) >= 11 is 0. The molecule has 0 saturated carbocycles. The molecule has 0 spiro atoms. The Balaban J connectivity index is 1.84. The van der Waals surface area contributed by atoms with E-state index >= 15 is 0 Å².